The Hall–Kier alpha value is -2.30. The first-order valence-electron chi connectivity index (χ1n) is 7.24. The summed E-state index contributed by atoms with van der Waals surface area (Å²) in [6, 6.07) is 10.1. The predicted molar refractivity (Wildman–Crippen MR) is 80.9 cm³/mol. The molecule has 0 saturated carbocycles. The third-order valence-corrected chi connectivity index (χ3v) is 3.93. The number of para-hydroxylation sites is 1. The Labute approximate surface area is 123 Å². The molecular weight excluding hydrogens is 266 g/mol. The van der Waals surface area contributed by atoms with Gasteiger partial charge in [0.05, 0.1) is 6.54 Å². The zero-order chi connectivity index (χ0) is 14.8. The van der Waals surface area contributed by atoms with Crippen molar-refractivity contribution >= 4 is 22.7 Å². The van der Waals surface area contributed by atoms with Gasteiger partial charge < -0.3 is 14.8 Å². The summed E-state index contributed by atoms with van der Waals surface area (Å²) in [6.07, 6.45) is 0.808. The van der Waals surface area contributed by atoms with E-state index >= 15 is 0 Å². The van der Waals surface area contributed by atoms with Crippen molar-refractivity contribution in [2.45, 2.75) is 19.9 Å². The summed E-state index contributed by atoms with van der Waals surface area (Å²) < 4.78 is 2.01. The van der Waals surface area contributed by atoms with E-state index in [0.717, 1.165) is 23.0 Å². The molecule has 1 fully saturated rings. The van der Waals surface area contributed by atoms with Crippen LogP contribution in [0, 0.1) is 6.92 Å². The molecule has 3 rings (SSSR count). The molecule has 0 bridgehead atoms. The number of fused-ring (bicyclic) bond motifs is 1. The van der Waals surface area contributed by atoms with Crippen LogP contribution in [0.1, 0.15) is 12.1 Å². The number of amides is 2. The highest BCUT2D eigenvalue weighted by Gasteiger charge is 2.20. The second-order valence-electron chi connectivity index (χ2n) is 5.45. The molecule has 2 amide bonds. The average Bonchev–Trinajstić information content (AvgIpc) is 2.64. The Bertz CT molecular complexity index is 690. The van der Waals surface area contributed by atoms with Gasteiger partial charge in [-0.1, -0.05) is 18.2 Å². The van der Waals surface area contributed by atoms with Crippen LogP contribution in [0.5, 0.6) is 0 Å². The first-order valence-corrected chi connectivity index (χ1v) is 7.24. The molecule has 2 aromatic rings. The van der Waals surface area contributed by atoms with E-state index in [0.29, 0.717) is 13.1 Å². The molecule has 1 aromatic heterocycles. The van der Waals surface area contributed by atoms with Gasteiger partial charge >= 0.3 is 0 Å². The van der Waals surface area contributed by atoms with Crippen LogP contribution in [0.3, 0.4) is 0 Å². The highest BCUT2D eigenvalue weighted by molar-refractivity contribution is 5.87. The third kappa shape index (κ3) is 2.77. The van der Waals surface area contributed by atoms with Crippen molar-refractivity contribution in [1.82, 2.24) is 14.8 Å². The van der Waals surface area contributed by atoms with Gasteiger partial charge in [0, 0.05) is 24.3 Å². The molecule has 110 valence electrons. The number of aryl methyl sites for hydroxylation is 1. The number of aromatic nitrogens is 1. The Kier molecular flexibility index (Phi) is 3.64. The molecule has 0 unspecified atom stereocenters. The van der Waals surface area contributed by atoms with Crippen LogP contribution in [0.25, 0.3) is 10.9 Å². The number of carbonyl (C=O) groups is 2. The molecule has 1 aromatic carbocycles. The molecule has 1 N–H and O–H groups in total. The van der Waals surface area contributed by atoms with Gasteiger partial charge in [0.15, 0.2) is 0 Å². The summed E-state index contributed by atoms with van der Waals surface area (Å²) in [4.78, 5) is 25.7. The number of hydrogen-bond acceptors (Lipinski definition) is 2. The monoisotopic (exact) mass is 285 g/mol. The molecule has 0 aliphatic carbocycles. The van der Waals surface area contributed by atoms with Crippen LogP contribution in [-0.2, 0) is 16.1 Å². The van der Waals surface area contributed by atoms with Gasteiger partial charge in [-0.3, -0.25) is 9.59 Å². The van der Waals surface area contributed by atoms with Gasteiger partial charge in [-0.05, 0) is 30.9 Å². The molecule has 1 aliphatic rings. The van der Waals surface area contributed by atoms with Gasteiger partial charge in [0.1, 0.15) is 6.54 Å². The first kappa shape index (κ1) is 13.7. The number of hydrogen-bond donors (Lipinski definition) is 1. The standard InChI is InChI=1S/C16H19N3O2/c1-12-9-13-5-2-3-6-14(13)19(12)11-16(21)18-8-4-7-17-15(20)10-18/h2-3,5-6,9H,4,7-8,10-11H2,1H3,(H,17,20). The van der Waals surface area contributed by atoms with Crippen molar-refractivity contribution in [2.75, 3.05) is 19.6 Å². The van der Waals surface area contributed by atoms with Crippen molar-refractivity contribution in [1.29, 1.82) is 0 Å². The van der Waals surface area contributed by atoms with Gasteiger partial charge in [-0.2, -0.15) is 0 Å². The lowest BCUT2D eigenvalue weighted by Gasteiger charge is -2.20. The Morgan fingerprint density at radius 1 is 1.33 bits per heavy atom. The topological polar surface area (TPSA) is 54.3 Å². The normalized spacial score (nSPS) is 15.9. The molecular formula is C16H19N3O2. The Morgan fingerprint density at radius 2 is 2.14 bits per heavy atom. The largest absolute Gasteiger partial charge is 0.354 e. The fourth-order valence-electron chi connectivity index (χ4n) is 2.81. The van der Waals surface area contributed by atoms with Crippen LogP contribution in [0.15, 0.2) is 30.3 Å². The number of nitrogens with one attached hydrogen (secondary N) is 1. The summed E-state index contributed by atoms with van der Waals surface area (Å²) >= 11 is 0. The van der Waals surface area contributed by atoms with Crippen molar-refractivity contribution in [3.63, 3.8) is 0 Å². The molecule has 21 heavy (non-hydrogen) atoms. The minimum absolute atomic E-state index is 0.00324. The van der Waals surface area contributed by atoms with Crippen LogP contribution in [0.4, 0.5) is 0 Å². The van der Waals surface area contributed by atoms with Crippen LogP contribution >= 0.6 is 0 Å². The van der Waals surface area contributed by atoms with E-state index in [1.807, 2.05) is 35.8 Å². The smallest absolute Gasteiger partial charge is 0.242 e. The molecule has 5 nitrogen and oxygen atoms in total. The van der Waals surface area contributed by atoms with Gasteiger partial charge in [-0.25, -0.2) is 0 Å². The molecule has 5 heteroatoms. The third-order valence-electron chi connectivity index (χ3n) is 3.93. The maximum Gasteiger partial charge on any atom is 0.242 e. The summed E-state index contributed by atoms with van der Waals surface area (Å²) in [7, 11) is 0. The van der Waals surface area contributed by atoms with E-state index in [4.69, 9.17) is 0 Å². The number of rotatable bonds is 2. The van der Waals surface area contributed by atoms with E-state index in [1.54, 1.807) is 4.90 Å². The SMILES string of the molecule is Cc1cc2ccccc2n1CC(=O)N1CCCNC(=O)C1. The quantitative estimate of drug-likeness (QED) is 0.904. The van der Waals surface area contributed by atoms with E-state index in [2.05, 4.69) is 11.4 Å². The number of benzene rings is 1. The fourth-order valence-corrected chi connectivity index (χ4v) is 2.81. The summed E-state index contributed by atoms with van der Waals surface area (Å²) in [5.41, 5.74) is 2.12. The fraction of sp³-hybridized carbons (Fsp3) is 0.375. The lowest BCUT2D eigenvalue weighted by atomic mass is 10.2. The maximum absolute atomic E-state index is 12.5. The number of nitrogens with zero attached hydrogens (tertiary/aromatic N) is 2. The Balaban J connectivity index is 1.82. The van der Waals surface area contributed by atoms with Crippen molar-refractivity contribution in [3.05, 3.63) is 36.0 Å². The zero-order valence-corrected chi connectivity index (χ0v) is 12.1. The van der Waals surface area contributed by atoms with E-state index in [9.17, 15) is 9.59 Å². The second-order valence-corrected chi connectivity index (χ2v) is 5.45. The first-order chi connectivity index (χ1) is 10.1. The molecule has 1 aliphatic heterocycles. The van der Waals surface area contributed by atoms with Crippen molar-refractivity contribution in [3.8, 4) is 0 Å². The van der Waals surface area contributed by atoms with Crippen molar-refractivity contribution in [2.24, 2.45) is 0 Å². The predicted octanol–water partition coefficient (Wildman–Crippen LogP) is 1.30. The van der Waals surface area contributed by atoms with Crippen LogP contribution < -0.4 is 5.32 Å². The maximum atomic E-state index is 12.5. The minimum Gasteiger partial charge on any atom is -0.354 e. The van der Waals surface area contributed by atoms with Gasteiger partial charge in [-0.15, -0.1) is 0 Å². The highest BCUT2D eigenvalue weighted by Crippen LogP contribution is 2.19. The molecule has 0 radical (unpaired) electrons. The van der Waals surface area contributed by atoms with E-state index in [1.165, 1.54) is 0 Å². The lowest BCUT2D eigenvalue weighted by Crippen LogP contribution is -2.39. The second kappa shape index (κ2) is 5.60. The number of carbonyl (C=O) groups excluding carboxylic acids is 2. The average molecular weight is 285 g/mol. The molecule has 0 atom stereocenters. The minimum atomic E-state index is -0.0741. The summed E-state index contributed by atoms with van der Waals surface area (Å²) in [5.74, 6) is -0.0774. The zero-order valence-electron chi connectivity index (χ0n) is 12.1. The molecule has 2 heterocycles. The summed E-state index contributed by atoms with van der Waals surface area (Å²) in [5, 5.41) is 3.93. The van der Waals surface area contributed by atoms with Crippen LogP contribution in [0.2, 0.25) is 0 Å². The summed E-state index contributed by atoms with van der Waals surface area (Å²) in [6.45, 7) is 3.73. The van der Waals surface area contributed by atoms with Gasteiger partial charge in [0.2, 0.25) is 11.8 Å². The lowest BCUT2D eigenvalue weighted by molar-refractivity contribution is -0.135. The Morgan fingerprint density at radius 3 is 3.00 bits per heavy atom. The van der Waals surface area contributed by atoms with E-state index < -0.39 is 0 Å². The molecule has 1 saturated heterocycles. The van der Waals surface area contributed by atoms with Crippen LogP contribution in [-0.4, -0.2) is 40.9 Å². The van der Waals surface area contributed by atoms with E-state index in [-0.39, 0.29) is 24.9 Å². The highest BCUT2D eigenvalue weighted by atomic mass is 16.2. The van der Waals surface area contributed by atoms with Crippen molar-refractivity contribution < 1.29 is 9.59 Å². The van der Waals surface area contributed by atoms with Gasteiger partial charge in [0.25, 0.3) is 0 Å². The molecule has 0 spiro atoms.